The minimum atomic E-state index is -0.224. The number of rotatable bonds is 7. The first-order chi connectivity index (χ1) is 14.7. The molecule has 30 heavy (non-hydrogen) atoms. The maximum absolute atomic E-state index is 12.1. The van der Waals surface area contributed by atoms with E-state index in [0.717, 1.165) is 11.3 Å². The Labute approximate surface area is 173 Å². The molecule has 0 spiro atoms. The Morgan fingerprint density at radius 2 is 1.90 bits per heavy atom. The summed E-state index contributed by atoms with van der Waals surface area (Å²) in [5.74, 6) is 1.81. The lowest BCUT2D eigenvalue weighted by Crippen LogP contribution is -2.20. The molecule has 0 saturated heterocycles. The number of nitrogens with zero attached hydrogens (tertiary/aromatic N) is 4. The Kier molecular flexibility index (Phi) is 5.66. The predicted octanol–water partition coefficient (Wildman–Crippen LogP) is 3.73. The van der Waals surface area contributed by atoms with E-state index >= 15 is 0 Å². The van der Waals surface area contributed by atoms with Gasteiger partial charge in [0, 0.05) is 29.8 Å². The van der Waals surface area contributed by atoms with Crippen LogP contribution in [0, 0.1) is 6.92 Å². The summed E-state index contributed by atoms with van der Waals surface area (Å²) in [6.45, 7) is 1.92. The third-order valence-corrected chi connectivity index (χ3v) is 4.22. The van der Waals surface area contributed by atoms with Crippen LogP contribution in [0.3, 0.4) is 0 Å². The summed E-state index contributed by atoms with van der Waals surface area (Å²) < 4.78 is 7.32. The van der Waals surface area contributed by atoms with Crippen LogP contribution in [0.15, 0.2) is 79.6 Å². The second-order valence-corrected chi connectivity index (χ2v) is 6.59. The number of carbonyl (C=O) groups excluding carboxylic acids is 1. The SMILES string of the molecule is Cc1cccc(OCC(=O)Nc2ccc(Nc3cc(-n4ccnc4)ncn3)cc2)c1. The summed E-state index contributed by atoms with van der Waals surface area (Å²) in [6, 6.07) is 16.7. The van der Waals surface area contributed by atoms with Gasteiger partial charge in [-0.15, -0.1) is 0 Å². The van der Waals surface area contributed by atoms with Gasteiger partial charge in [0.2, 0.25) is 0 Å². The van der Waals surface area contributed by atoms with Crippen molar-refractivity contribution in [1.29, 1.82) is 0 Å². The summed E-state index contributed by atoms with van der Waals surface area (Å²) >= 11 is 0. The van der Waals surface area contributed by atoms with Crippen molar-refractivity contribution in [2.24, 2.45) is 0 Å². The molecule has 0 fully saturated rings. The van der Waals surface area contributed by atoms with Crippen LogP contribution in [0.25, 0.3) is 5.82 Å². The van der Waals surface area contributed by atoms with Crippen LogP contribution in [0.4, 0.5) is 17.2 Å². The molecular formula is C22H20N6O2. The second-order valence-electron chi connectivity index (χ2n) is 6.59. The molecule has 0 radical (unpaired) electrons. The lowest BCUT2D eigenvalue weighted by Gasteiger charge is -2.10. The quantitative estimate of drug-likeness (QED) is 0.491. The molecule has 150 valence electrons. The molecule has 0 aliphatic rings. The van der Waals surface area contributed by atoms with Crippen LogP contribution in [-0.4, -0.2) is 32.0 Å². The number of aromatic nitrogens is 4. The number of nitrogens with one attached hydrogen (secondary N) is 2. The van der Waals surface area contributed by atoms with Crippen LogP contribution < -0.4 is 15.4 Å². The first kappa shape index (κ1) is 19.1. The van der Waals surface area contributed by atoms with Gasteiger partial charge in [-0.05, 0) is 48.9 Å². The van der Waals surface area contributed by atoms with Crippen LogP contribution in [0.5, 0.6) is 5.75 Å². The monoisotopic (exact) mass is 400 g/mol. The highest BCUT2D eigenvalue weighted by Crippen LogP contribution is 2.19. The highest BCUT2D eigenvalue weighted by Gasteiger charge is 2.05. The summed E-state index contributed by atoms with van der Waals surface area (Å²) in [6.07, 6.45) is 6.66. The summed E-state index contributed by atoms with van der Waals surface area (Å²) in [5, 5.41) is 6.03. The van der Waals surface area contributed by atoms with Crippen LogP contribution in [0.2, 0.25) is 0 Å². The lowest BCUT2D eigenvalue weighted by atomic mass is 10.2. The molecule has 4 rings (SSSR count). The minimum absolute atomic E-state index is 0.0542. The van der Waals surface area contributed by atoms with Gasteiger partial charge in [0.05, 0.1) is 0 Å². The van der Waals surface area contributed by atoms with Gasteiger partial charge in [-0.1, -0.05) is 12.1 Å². The van der Waals surface area contributed by atoms with Gasteiger partial charge in [-0.3, -0.25) is 9.36 Å². The van der Waals surface area contributed by atoms with Crippen molar-refractivity contribution >= 4 is 23.1 Å². The number of imidazole rings is 1. The van der Waals surface area contributed by atoms with E-state index in [4.69, 9.17) is 4.74 Å². The van der Waals surface area contributed by atoms with Crippen molar-refractivity contribution in [2.75, 3.05) is 17.2 Å². The Bertz CT molecular complexity index is 1130. The molecule has 0 saturated carbocycles. The zero-order chi connectivity index (χ0) is 20.8. The molecule has 4 aromatic rings. The van der Waals surface area contributed by atoms with Crippen molar-refractivity contribution in [3.05, 3.63) is 85.2 Å². The van der Waals surface area contributed by atoms with E-state index in [1.54, 1.807) is 17.1 Å². The molecule has 2 N–H and O–H groups in total. The van der Waals surface area contributed by atoms with Crippen molar-refractivity contribution in [2.45, 2.75) is 6.92 Å². The molecule has 1 amide bonds. The maximum atomic E-state index is 12.1. The van der Waals surface area contributed by atoms with Crippen molar-refractivity contribution < 1.29 is 9.53 Å². The van der Waals surface area contributed by atoms with Gasteiger partial charge >= 0.3 is 0 Å². The molecule has 0 aliphatic heterocycles. The standard InChI is InChI=1S/C22H20N6O2/c1-16-3-2-4-19(11-16)30-13-22(29)27-18-7-5-17(6-8-18)26-20-12-21(25-14-24-20)28-10-9-23-15-28/h2-12,14-15H,13H2,1H3,(H,27,29)(H,24,25,26). The number of hydrogen-bond donors (Lipinski definition) is 2. The van der Waals surface area contributed by atoms with Crippen molar-refractivity contribution in [3.63, 3.8) is 0 Å². The van der Waals surface area contributed by atoms with Gasteiger partial charge in [0.1, 0.15) is 30.0 Å². The number of amides is 1. The Hall–Kier alpha value is -4.20. The molecule has 8 nitrogen and oxygen atoms in total. The molecule has 2 aromatic carbocycles. The molecule has 0 bridgehead atoms. The third-order valence-electron chi connectivity index (χ3n) is 4.22. The van der Waals surface area contributed by atoms with E-state index in [-0.39, 0.29) is 12.5 Å². The highest BCUT2D eigenvalue weighted by molar-refractivity contribution is 5.92. The predicted molar refractivity (Wildman–Crippen MR) is 114 cm³/mol. The van der Waals surface area contributed by atoms with Gasteiger partial charge in [0.15, 0.2) is 6.61 Å². The summed E-state index contributed by atoms with van der Waals surface area (Å²) in [4.78, 5) is 24.6. The zero-order valence-electron chi connectivity index (χ0n) is 16.3. The van der Waals surface area contributed by atoms with E-state index in [0.29, 0.717) is 23.1 Å². The van der Waals surface area contributed by atoms with Gasteiger partial charge < -0.3 is 15.4 Å². The zero-order valence-corrected chi connectivity index (χ0v) is 16.3. The first-order valence-corrected chi connectivity index (χ1v) is 9.32. The van der Waals surface area contributed by atoms with Crippen LogP contribution in [-0.2, 0) is 4.79 Å². The fourth-order valence-electron chi connectivity index (χ4n) is 2.79. The number of aryl methyl sites for hydroxylation is 1. The number of ether oxygens (including phenoxy) is 1. The topological polar surface area (TPSA) is 94.0 Å². The van der Waals surface area contributed by atoms with E-state index in [1.165, 1.54) is 6.33 Å². The smallest absolute Gasteiger partial charge is 0.262 e. The normalized spacial score (nSPS) is 10.4. The highest BCUT2D eigenvalue weighted by atomic mass is 16.5. The molecule has 2 heterocycles. The number of benzene rings is 2. The molecule has 0 unspecified atom stereocenters. The van der Waals surface area contributed by atoms with Gasteiger partial charge in [-0.25, -0.2) is 15.0 Å². The molecule has 8 heteroatoms. The maximum Gasteiger partial charge on any atom is 0.262 e. The van der Waals surface area contributed by atoms with Gasteiger partial charge in [-0.2, -0.15) is 0 Å². The Balaban J connectivity index is 1.33. The third kappa shape index (κ3) is 4.99. The average Bonchev–Trinajstić information content (AvgIpc) is 3.29. The van der Waals surface area contributed by atoms with E-state index < -0.39 is 0 Å². The lowest BCUT2D eigenvalue weighted by molar-refractivity contribution is -0.118. The average molecular weight is 400 g/mol. The summed E-state index contributed by atoms with van der Waals surface area (Å²) in [7, 11) is 0. The van der Waals surface area contributed by atoms with Crippen LogP contribution in [0.1, 0.15) is 5.56 Å². The van der Waals surface area contributed by atoms with Crippen LogP contribution >= 0.6 is 0 Å². The first-order valence-electron chi connectivity index (χ1n) is 9.32. The van der Waals surface area contributed by atoms with Crippen molar-refractivity contribution in [1.82, 2.24) is 19.5 Å². The molecule has 0 aliphatic carbocycles. The van der Waals surface area contributed by atoms with E-state index in [1.807, 2.05) is 67.7 Å². The number of anilines is 3. The van der Waals surface area contributed by atoms with Crippen molar-refractivity contribution in [3.8, 4) is 11.6 Å². The fourth-order valence-corrected chi connectivity index (χ4v) is 2.79. The van der Waals surface area contributed by atoms with E-state index in [2.05, 4.69) is 25.6 Å². The Morgan fingerprint density at radius 3 is 2.67 bits per heavy atom. The summed E-state index contributed by atoms with van der Waals surface area (Å²) in [5.41, 5.74) is 2.59. The van der Waals surface area contributed by atoms with Gasteiger partial charge in [0.25, 0.3) is 5.91 Å². The molecule has 0 atom stereocenters. The number of hydrogen-bond acceptors (Lipinski definition) is 6. The largest absolute Gasteiger partial charge is 0.484 e. The Morgan fingerprint density at radius 1 is 1.07 bits per heavy atom. The second kappa shape index (κ2) is 8.87. The fraction of sp³-hybridized carbons (Fsp3) is 0.0909. The minimum Gasteiger partial charge on any atom is -0.484 e. The molecular weight excluding hydrogens is 380 g/mol. The number of carbonyl (C=O) groups is 1. The van der Waals surface area contributed by atoms with E-state index in [9.17, 15) is 4.79 Å². The molecule has 2 aromatic heterocycles.